The van der Waals surface area contributed by atoms with E-state index in [2.05, 4.69) is 14.8 Å². The van der Waals surface area contributed by atoms with Crippen LogP contribution in [0.25, 0.3) is 0 Å². The van der Waals surface area contributed by atoms with Gasteiger partial charge in [0, 0.05) is 6.54 Å². The van der Waals surface area contributed by atoms with Crippen molar-refractivity contribution in [2.45, 2.75) is 18.9 Å². The first kappa shape index (κ1) is 21.6. The maximum Gasteiger partial charge on any atom is 0.387 e. The summed E-state index contributed by atoms with van der Waals surface area (Å²) in [6.07, 6.45) is 0. The average Bonchev–Trinajstić information content (AvgIpc) is 2.66. The molecule has 0 aromatic heterocycles. The van der Waals surface area contributed by atoms with Crippen molar-refractivity contribution >= 4 is 15.9 Å². The second kappa shape index (κ2) is 9.47. The molecule has 0 aliphatic rings. The SMILES string of the molecule is CNS(=O)(=O)Cc1ccc(CNC(=O)c2cccc(OC)c2OC(F)F)cc1. The Kier molecular flexibility index (Phi) is 7.30. The summed E-state index contributed by atoms with van der Waals surface area (Å²) in [5.74, 6) is -1.10. The van der Waals surface area contributed by atoms with Gasteiger partial charge < -0.3 is 14.8 Å². The van der Waals surface area contributed by atoms with E-state index in [1.165, 1.54) is 32.4 Å². The number of alkyl halides is 2. The first-order valence-electron chi connectivity index (χ1n) is 8.14. The van der Waals surface area contributed by atoms with E-state index in [1.807, 2.05) is 0 Å². The topological polar surface area (TPSA) is 93.7 Å². The zero-order valence-electron chi connectivity index (χ0n) is 15.2. The number of carbonyl (C=O) groups excluding carboxylic acids is 1. The number of sulfonamides is 1. The van der Waals surface area contributed by atoms with Crippen LogP contribution in [0.2, 0.25) is 0 Å². The molecule has 0 atom stereocenters. The highest BCUT2D eigenvalue weighted by Gasteiger charge is 2.20. The molecule has 0 saturated carbocycles. The van der Waals surface area contributed by atoms with E-state index in [-0.39, 0.29) is 29.4 Å². The second-order valence-corrected chi connectivity index (χ2v) is 7.60. The molecule has 2 aromatic rings. The Labute approximate surface area is 161 Å². The summed E-state index contributed by atoms with van der Waals surface area (Å²) in [6.45, 7) is -2.99. The van der Waals surface area contributed by atoms with Crippen LogP contribution in [0.5, 0.6) is 11.5 Å². The van der Waals surface area contributed by atoms with E-state index in [0.717, 1.165) is 0 Å². The van der Waals surface area contributed by atoms with Crippen molar-refractivity contribution < 1.29 is 31.5 Å². The number of nitrogens with one attached hydrogen (secondary N) is 2. The molecule has 0 saturated heterocycles. The third-order valence-corrected chi connectivity index (χ3v) is 5.13. The van der Waals surface area contributed by atoms with Gasteiger partial charge in [-0.05, 0) is 30.3 Å². The van der Waals surface area contributed by atoms with Crippen molar-refractivity contribution in [2.24, 2.45) is 0 Å². The fourth-order valence-corrected chi connectivity index (χ4v) is 3.16. The summed E-state index contributed by atoms with van der Waals surface area (Å²) >= 11 is 0. The molecule has 0 fully saturated rings. The van der Waals surface area contributed by atoms with E-state index in [4.69, 9.17) is 4.74 Å². The number of benzene rings is 2. The maximum absolute atomic E-state index is 12.7. The van der Waals surface area contributed by atoms with E-state index in [1.54, 1.807) is 24.3 Å². The summed E-state index contributed by atoms with van der Waals surface area (Å²) < 4.78 is 60.0. The van der Waals surface area contributed by atoms with Crippen molar-refractivity contribution in [1.29, 1.82) is 0 Å². The van der Waals surface area contributed by atoms with E-state index >= 15 is 0 Å². The lowest BCUT2D eigenvalue weighted by molar-refractivity contribution is -0.0515. The molecule has 2 aromatic carbocycles. The summed E-state index contributed by atoms with van der Waals surface area (Å²) in [4.78, 5) is 12.4. The Balaban J connectivity index is 2.08. The molecule has 1 amide bonds. The van der Waals surface area contributed by atoms with Crippen molar-refractivity contribution in [2.75, 3.05) is 14.2 Å². The summed E-state index contributed by atoms with van der Waals surface area (Å²) in [7, 11) is -0.755. The lowest BCUT2D eigenvalue weighted by Gasteiger charge is -2.14. The van der Waals surface area contributed by atoms with E-state index in [0.29, 0.717) is 11.1 Å². The molecule has 2 N–H and O–H groups in total. The highest BCUT2D eigenvalue weighted by molar-refractivity contribution is 7.88. The van der Waals surface area contributed by atoms with Gasteiger partial charge in [0.25, 0.3) is 5.91 Å². The fraction of sp³-hybridized carbons (Fsp3) is 0.278. The van der Waals surface area contributed by atoms with Crippen molar-refractivity contribution in [1.82, 2.24) is 10.0 Å². The molecule has 28 heavy (non-hydrogen) atoms. The molecule has 152 valence electrons. The van der Waals surface area contributed by atoms with Crippen LogP contribution in [0.4, 0.5) is 8.78 Å². The van der Waals surface area contributed by atoms with Crippen LogP contribution in [0, 0.1) is 0 Å². The van der Waals surface area contributed by atoms with Crippen molar-refractivity contribution in [3.63, 3.8) is 0 Å². The van der Waals surface area contributed by atoms with Crippen LogP contribution in [0.3, 0.4) is 0 Å². The number of amides is 1. The Morgan fingerprint density at radius 2 is 1.75 bits per heavy atom. The molecule has 0 aliphatic heterocycles. The normalized spacial score (nSPS) is 11.3. The Hall–Kier alpha value is -2.72. The molecular formula is C18H20F2N2O5S. The van der Waals surface area contributed by atoms with Crippen molar-refractivity contribution in [3.05, 3.63) is 59.2 Å². The zero-order chi connectivity index (χ0) is 20.7. The predicted octanol–water partition coefficient (Wildman–Crippen LogP) is 2.28. The first-order chi connectivity index (χ1) is 13.3. The lowest BCUT2D eigenvalue weighted by atomic mass is 10.1. The highest BCUT2D eigenvalue weighted by atomic mass is 32.2. The molecule has 0 heterocycles. The molecule has 10 heteroatoms. The monoisotopic (exact) mass is 414 g/mol. The number of carbonyl (C=O) groups is 1. The van der Waals surface area contributed by atoms with E-state index in [9.17, 15) is 22.0 Å². The molecule has 0 radical (unpaired) electrons. The molecule has 0 unspecified atom stereocenters. The number of hydrogen-bond acceptors (Lipinski definition) is 5. The zero-order valence-corrected chi connectivity index (χ0v) is 16.1. The number of ether oxygens (including phenoxy) is 2. The second-order valence-electron chi connectivity index (χ2n) is 5.68. The standard InChI is InChI=1S/C18H20F2N2O5S/c1-21-28(24,25)11-13-8-6-12(7-9-13)10-22-17(23)14-4-3-5-15(26-2)16(14)27-18(19)20/h3-9,18,21H,10-11H2,1-2H3,(H,22,23). The maximum atomic E-state index is 12.7. The van der Waals surface area contributed by atoms with Gasteiger partial charge in [0.2, 0.25) is 10.0 Å². The van der Waals surface area contributed by atoms with Gasteiger partial charge in [0.1, 0.15) is 0 Å². The third-order valence-electron chi connectivity index (χ3n) is 3.79. The smallest absolute Gasteiger partial charge is 0.387 e. The molecule has 0 bridgehead atoms. The minimum Gasteiger partial charge on any atom is -0.493 e. The minimum absolute atomic E-state index is 0.0167. The summed E-state index contributed by atoms with van der Waals surface area (Å²) in [5, 5.41) is 2.61. The quantitative estimate of drug-likeness (QED) is 0.657. The van der Waals surface area contributed by atoms with Gasteiger partial charge in [-0.15, -0.1) is 0 Å². The lowest BCUT2D eigenvalue weighted by Crippen LogP contribution is -2.24. The van der Waals surface area contributed by atoms with E-state index < -0.39 is 22.5 Å². The largest absolute Gasteiger partial charge is 0.493 e. The molecule has 0 aliphatic carbocycles. The highest BCUT2D eigenvalue weighted by Crippen LogP contribution is 2.32. The van der Waals surface area contributed by atoms with Crippen LogP contribution in [-0.4, -0.2) is 35.1 Å². The Morgan fingerprint density at radius 3 is 2.32 bits per heavy atom. The molecule has 0 spiro atoms. The van der Waals surface area contributed by atoms with Crippen LogP contribution in [-0.2, 0) is 22.3 Å². The van der Waals surface area contributed by atoms with Gasteiger partial charge >= 0.3 is 6.61 Å². The third kappa shape index (κ3) is 5.89. The van der Waals surface area contributed by atoms with Gasteiger partial charge in [-0.25, -0.2) is 13.1 Å². The fourth-order valence-electron chi connectivity index (χ4n) is 2.39. The van der Waals surface area contributed by atoms with Gasteiger partial charge in [-0.3, -0.25) is 4.79 Å². The average molecular weight is 414 g/mol. The summed E-state index contributed by atoms with van der Waals surface area (Å²) in [5.41, 5.74) is 1.21. The van der Waals surface area contributed by atoms with Crippen molar-refractivity contribution in [3.8, 4) is 11.5 Å². The molecule has 7 nitrogen and oxygen atoms in total. The molecular weight excluding hydrogens is 394 g/mol. The minimum atomic E-state index is -3.38. The van der Waals surface area contributed by atoms with Gasteiger partial charge in [0.05, 0.1) is 18.4 Å². The molecule has 2 rings (SSSR count). The van der Waals surface area contributed by atoms with Gasteiger partial charge in [-0.2, -0.15) is 8.78 Å². The number of methoxy groups -OCH3 is 1. The number of hydrogen-bond donors (Lipinski definition) is 2. The number of rotatable bonds is 9. The number of halogens is 2. The predicted molar refractivity (Wildman–Crippen MR) is 98.9 cm³/mol. The first-order valence-corrected chi connectivity index (χ1v) is 9.80. The summed E-state index contributed by atoms with van der Waals surface area (Å²) in [6, 6.07) is 10.9. The van der Waals surface area contributed by atoms with Crippen LogP contribution in [0.15, 0.2) is 42.5 Å². The van der Waals surface area contributed by atoms with Crippen LogP contribution >= 0.6 is 0 Å². The number of para-hydroxylation sites is 1. The van der Waals surface area contributed by atoms with Gasteiger partial charge in [0.15, 0.2) is 11.5 Å². The van der Waals surface area contributed by atoms with Crippen LogP contribution < -0.4 is 19.5 Å². The Morgan fingerprint density at radius 1 is 1.11 bits per heavy atom. The Bertz CT molecular complexity index is 918. The van der Waals surface area contributed by atoms with Gasteiger partial charge in [-0.1, -0.05) is 30.3 Å². The van der Waals surface area contributed by atoms with Crippen LogP contribution in [0.1, 0.15) is 21.5 Å².